The molecule has 31 heavy (non-hydrogen) atoms. The molecule has 2 fully saturated rings. The lowest BCUT2D eigenvalue weighted by molar-refractivity contribution is -0.0630. The molecule has 8 heteroatoms. The smallest absolute Gasteiger partial charge is 0.321 e. The molecule has 4 N–H and O–H groups in total. The van der Waals surface area contributed by atoms with Gasteiger partial charge in [0.1, 0.15) is 5.75 Å². The third-order valence-electron chi connectivity index (χ3n) is 6.37. The molecule has 0 aliphatic carbocycles. The quantitative estimate of drug-likeness (QED) is 0.615. The van der Waals surface area contributed by atoms with Gasteiger partial charge in [-0.3, -0.25) is 4.90 Å². The fourth-order valence-corrected chi connectivity index (χ4v) is 5.00. The van der Waals surface area contributed by atoms with Crippen LogP contribution in [0.4, 0.5) is 10.5 Å². The maximum absolute atomic E-state index is 13.1. The molecule has 0 saturated carbocycles. The number of fused-ring (bicyclic) bond motifs is 1. The summed E-state index contributed by atoms with van der Waals surface area (Å²) in [5.74, 6) is 0.961. The highest BCUT2D eigenvalue weighted by atomic mass is 79.9. The molecule has 2 aromatic rings. The highest BCUT2D eigenvalue weighted by molar-refractivity contribution is 9.10. The number of carbonyl (C=O) groups is 1. The van der Waals surface area contributed by atoms with Crippen LogP contribution < -0.4 is 15.8 Å². The van der Waals surface area contributed by atoms with E-state index in [2.05, 4.69) is 38.3 Å². The summed E-state index contributed by atoms with van der Waals surface area (Å²) in [6, 6.07) is 15.7. The summed E-state index contributed by atoms with van der Waals surface area (Å²) in [5.41, 5.74) is 8.04. The maximum atomic E-state index is 13.1. The first-order chi connectivity index (χ1) is 15.0. The topological polar surface area (TPSA) is 91.1 Å². The minimum Gasteiger partial charge on any atom is -0.497 e. The molecule has 2 aliphatic rings. The van der Waals surface area contributed by atoms with Gasteiger partial charge in [-0.2, -0.15) is 0 Å². The van der Waals surface area contributed by atoms with Crippen LogP contribution in [0.2, 0.25) is 0 Å². The number of anilines is 1. The minimum atomic E-state index is -0.487. The lowest BCUT2D eigenvalue weighted by Crippen LogP contribution is -2.70. The first kappa shape index (κ1) is 22.1. The van der Waals surface area contributed by atoms with Crippen molar-refractivity contribution in [3.8, 4) is 5.75 Å². The standard InChI is InChI=1S/C23H29BrN4O3/c1-31-19-8-6-17(7-9-19)26-23(30)27-11-10-18(29)13-28-20(12-25)22(21(28)14-27)15-2-4-16(24)5-3-15/h2-9,18,20-22,29H,10-14,25H2,1H3,(H,26,30)/t18?,20-,21+,22+/m1/s1. The van der Waals surface area contributed by atoms with Crippen molar-refractivity contribution in [1.29, 1.82) is 0 Å². The van der Waals surface area contributed by atoms with Gasteiger partial charge in [0.15, 0.2) is 0 Å². The lowest BCUT2D eigenvalue weighted by atomic mass is 9.74. The Kier molecular flexibility index (Phi) is 6.81. The number of ether oxygens (including phenoxy) is 1. The molecule has 4 rings (SSSR count). The number of amides is 2. The van der Waals surface area contributed by atoms with Crippen molar-refractivity contribution >= 4 is 27.6 Å². The predicted octanol–water partition coefficient (Wildman–Crippen LogP) is 2.85. The molecule has 2 aliphatic heterocycles. The van der Waals surface area contributed by atoms with Gasteiger partial charge in [0.25, 0.3) is 0 Å². The number of nitrogens with one attached hydrogen (secondary N) is 1. The number of hydrogen-bond acceptors (Lipinski definition) is 5. The first-order valence-electron chi connectivity index (χ1n) is 10.6. The number of nitrogens with zero attached hydrogens (tertiary/aromatic N) is 2. The zero-order valence-corrected chi connectivity index (χ0v) is 19.2. The molecular formula is C23H29BrN4O3. The average Bonchev–Trinajstić information content (AvgIpc) is 2.76. The molecule has 0 radical (unpaired) electrons. The summed E-state index contributed by atoms with van der Waals surface area (Å²) in [5, 5.41) is 13.5. The Hall–Kier alpha value is -2.13. The SMILES string of the molecule is COc1ccc(NC(=O)N2CCC(O)CN3[C@H](CN)[C@H](c4ccc(Br)cc4)[C@@H]3C2)cc1. The fraction of sp³-hybridized carbons (Fsp3) is 0.435. The Balaban J connectivity index is 1.52. The first-order valence-corrected chi connectivity index (χ1v) is 11.4. The van der Waals surface area contributed by atoms with Crippen molar-refractivity contribution in [3.05, 3.63) is 58.6 Å². The van der Waals surface area contributed by atoms with Crippen LogP contribution in [0.3, 0.4) is 0 Å². The van der Waals surface area contributed by atoms with E-state index < -0.39 is 6.10 Å². The second kappa shape index (κ2) is 9.56. The van der Waals surface area contributed by atoms with Gasteiger partial charge in [0.05, 0.1) is 13.2 Å². The second-order valence-corrected chi connectivity index (χ2v) is 9.11. The number of methoxy groups -OCH3 is 1. The number of nitrogens with two attached hydrogens (primary N) is 1. The van der Waals surface area contributed by atoms with Crippen LogP contribution in [0.25, 0.3) is 0 Å². The van der Waals surface area contributed by atoms with E-state index in [-0.39, 0.29) is 24.0 Å². The predicted molar refractivity (Wildman–Crippen MR) is 124 cm³/mol. The molecule has 7 nitrogen and oxygen atoms in total. The highest BCUT2D eigenvalue weighted by Crippen LogP contribution is 2.42. The molecule has 0 bridgehead atoms. The minimum absolute atomic E-state index is 0.117. The Labute approximate surface area is 191 Å². The zero-order chi connectivity index (χ0) is 22.0. The van der Waals surface area contributed by atoms with E-state index in [1.165, 1.54) is 5.56 Å². The zero-order valence-electron chi connectivity index (χ0n) is 17.6. The summed E-state index contributed by atoms with van der Waals surface area (Å²) < 4.78 is 6.21. The van der Waals surface area contributed by atoms with E-state index in [0.29, 0.717) is 38.3 Å². The van der Waals surface area contributed by atoms with Crippen LogP contribution in [0, 0.1) is 0 Å². The summed E-state index contributed by atoms with van der Waals surface area (Å²) in [6.45, 7) is 2.20. The summed E-state index contributed by atoms with van der Waals surface area (Å²) >= 11 is 3.50. The number of aliphatic hydroxyl groups excluding tert-OH is 1. The molecule has 1 unspecified atom stereocenters. The molecule has 0 aromatic heterocycles. The van der Waals surface area contributed by atoms with Crippen molar-refractivity contribution in [1.82, 2.24) is 9.80 Å². The maximum Gasteiger partial charge on any atom is 0.321 e. The van der Waals surface area contributed by atoms with Crippen LogP contribution in [0.5, 0.6) is 5.75 Å². The van der Waals surface area contributed by atoms with E-state index >= 15 is 0 Å². The van der Waals surface area contributed by atoms with Crippen LogP contribution in [-0.4, -0.2) is 72.4 Å². The number of carbonyl (C=O) groups excluding carboxylic acids is 1. The molecule has 0 spiro atoms. The summed E-state index contributed by atoms with van der Waals surface area (Å²) in [7, 11) is 1.61. The normalized spacial score (nSPS) is 26.3. The van der Waals surface area contributed by atoms with E-state index in [9.17, 15) is 9.90 Å². The monoisotopic (exact) mass is 488 g/mol. The lowest BCUT2D eigenvalue weighted by Gasteiger charge is -2.58. The second-order valence-electron chi connectivity index (χ2n) is 8.19. The number of rotatable bonds is 4. The van der Waals surface area contributed by atoms with Crippen molar-refractivity contribution in [2.45, 2.75) is 30.5 Å². The highest BCUT2D eigenvalue weighted by Gasteiger charge is 2.50. The Morgan fingerprint density at radius 2 is 1.90 bits per heavy atom. The van der Waals surface area contributed by atoms with Gasteiger partial charge in [-0.05, 0) is 48.4 Å². The van der Waals surface area contributed by atoms with Crippen LogP contribution in [-0.2, 0) is 0 Å². The number of hydrogen-bond donors (Lipinski definition) is 3. The van der Waals surface area contributed by atoms with Gasteiger partial charge in [0, 0.05) is 54.3 Å². The average molecular weight is 489 g/mol. The van der Waals surface area contributed by atoms with E-state index in [1.54, 1.807) is 7.11 Å². The Morgan fingerprint density at radius 3 is 2.55 bits per heavy atom. The van der Waals surface area contributed by atoms with Gasteiger partial charge in [-0.15, -0.1) is 0 Å². The Bertz CT molecular complexity index is 893. The Morgan fingerprint density at radius 1 is 1.19 bits per heavy atom. The van der Waals surface area contributed by atoms with Crippen LogP contribution in [0.15, 0.2) is 53.0 Å². The van der Waals surface area contributed by atoms with E-state index in [1.807, 2.05) is 41.3 Å². The van der Waals surface area contributed by atoms with Crippen LogP contribution >= 0.6 is 15.9 Å². The molecule has 4 atom stereocenters. The molecule has 166 valence electrons. The van der Waals surface area contributed by atoms with Crippen LogP contribution in [0.1, 0.15) is 17.9 Å². The number of urea groups is 1. The molecular weight excluding hydrogens is 460 g/mol. The summed E-state index contributed by atoms with van der Waals surface area (Å²) in [4.78, 5) is 17.1. The van der Waals surface area contributed by atoms with Gasteiger partial charge >= 0.3 is 6.03 Å². The third kappa shape index (κ3) is 4.72. The van der Waals surface area contributed by atoms with Crippen molar-refractivity contribution in [3.63, 3.8) is 0 Å². The van der Waals surface area contributed by atoms with E-state index in [4.69, 9.17) is 10.5 Å². The van der Waals surface area contributed by atoms with Gasteiger partial charge in [-0.25, -0.2) is 4.79 Å². The van der Waals surface area contributed by atoms with E-state index in [0.717, 1.165) is 10.2 Å². The molecule has 2 aromatic carbocycles. The largest absolute Gasteiger partial charge is 0.497 e. The number of aliphatic hydroxyl groups is 1. The van der Waals surface area contributed by atoms with Crippen molar-refractivity contribution in [2.24, 2.45) is 5.73 Å². The number of benzene rings is 2. The van der Waals surface area contributed by atoms with Gasteiger partial charge < -0.3 is 25.8 Å². The van der Waals surface area contributed by atoms with Crippen molar-refractivity contribution in [2.75, 3.05) is 38.6 Å². The molecule has 2 heterocycles. The number of halogens is 1. The molecule has 2 amide bonds. The fourth-order valence-electron chi connectivity index (χ4n) is 4.73. The molecule has 2 saturated heterocycles. The summed E-state index contributed by atoms with van der Waals surface area (Å²) in [6.07, 6.45) is 0.0541. The van der Waals surface area contributed by atoms with Crippen molar-refractivity contribution < 1.29 is 14.6 Å². The third-order valence-corrected chi connectivity index (χ3v) is 6.90. The van der Waals surface area contributed by atoms with Gasteiger partial charge in [-0.1, -0.05) is 28.1 Å². The van der Waals surface area contributed by atoms with Gasteiger partial charge in [0.2, 0.25) is 0 Å².